The number of hydrogen-bond acceptors (Lipinski definition) is 2. The number of esters is 1. The lowest BCUT2D eigenvalue weighted by atomic mass is 9.93. The average Bonchev–Trinajstić information content (AvgIpc) is 2.31. The zero-order valence-electron chi connectivity index (χ0n) is 11.8. The van der Waals surface area contributed by atoms with Gasteiger partial charge in [-0.3, -0.25) is 4.79 Å². The molecule has 0 rings (SSSR count). The Hall–Kier alpha value is -0.833. The van der Waals surface area contributed by atoms with Gasteiger partial charge in [0, 0.05) is 0 Å². The van der Waals surface area contributed by atoms with Crippen LogP contribution in [-0.4, -0.2) is 21.9 Å². The Labute approximate surface area is 107 Å². The van der Waals surface area contributed by atoms with Gasteiger partial charge in [0.2, 0.25) is 0 Å². The standard InChI is InChI=1S/C14H25O2Si/c1-7-9-10-17(6)12(8-2)11-14(3,4)13(15)16-5/h8,11H,2,7,9-10H2,1,3-6H3. The van der Waals surface area contributed by atoms with E-state index in [0.29, 0.717) is 0 Å². The smallest absolute Gasteiger partial charge is 0.315 e. The molecule has 1 radical (unpaired) electrons. The summed E-state index contributed by atoms with van der Waals surface area (Å²) >= 11 is 0. The van der Waals surface area contributed by atoms with Crippen molar-refractivity contribution in [3.63, 3.8) is 0 Å². The molecular weight excluding hydrogens is 228 g/mol. The third-order valence-electron chi connectivity index (χ3n) is 2.85. The third-order valence-corrected chi connectivity index (χ3v) is 5.28. The van der Waals surface area contributed by atoms with Crippen molar-refractivity contribution in [3.8, 4) is 0 Å². The summed E-state index contributed by atoms with van der Waals surface area (Å²) in [6, 6.07) is 1.23. The lowest BCUT2D eigenvalue weighted by Gasteiger charge is -2.20. The molecule has 17 heavy (non-hydrogen) atoms. The average molecular weight is 253 g/mol. The van der Waals surface area contributed by atoms with Gasteiger partial charge in [0.15, 0.2) is 0 Å². The summed E-state index contributed by atoms with van der Waals surface area (Å²) in [6.45, 7) is 12.1. The summed E-state index contributed by atoms with van der Waals surface area (Å²) in [5.74, 6) is -0.192. The molecule has 0 aliphatic carbocycles. The van der Waals surface area contributed by atoms with Crippen LogP contribution in [0.15, 0.2) is 23.9 Å². The molecule has 0 amide bonds. The number of carbonyl (C=O) groups is 1. The van der Waals surface area contributed by atoms with Crippen molar-refractivity contribution < 1.29 is 9.53 Å². The highest BCUT2D eigenvalue weighted by Gasteiger charge is 2.27. The first kappa shape index (κ1) is 16.2. The summed E-state index contributed by atoms with van der Waals surface area (Å²) < 4.78 is 4.81. The van der Waals surface area contributed by atoms with Crippen LogP contribution in [0.2, 0.25) is 12.6 Å². The Bertz CT molecular complexity index is 293. The molecular formula is C14H25O2Si. The van der Waals surface area contributed by atoms with E-state index in [4.69, 9.17) is 4.74 Å². The van der Waals surface area contributed by atoms with Crippen molar-refractivity contribution >= 4 is 14.8 Å². The highest BCUT2D eigenvalue weighted by Crippen LogP contribution is 2.23. The fourth-order valence-corrected chi connectivity index (χ4v) is 3.78. The highest BCUT2D eigenvalue weighted by atomic mass is 28.3. The van der Waals surface area contributed by atoms with E-state index >= 15 is 0 Å². The third kappa shape index (κ3) is 5.35. The van der Waals surface area contributed by atoms with Crippen LogP contribution in [0.25, 0.3) is 0 Å². The van der Waals surface area contributed by atoms with Crippen molar-refractivity contribution in [2.24, 2.45) is 5.41 Å². The molecule has 2 nitrogen and oxygen atoms in total. The van der Waals surface area contributed by atoms with Crippen LogP contribution in [-0.2, 0) is 9.53 Å². The molecule has 0 aromatic rings. The maximum absolute atomic E-state index is 11.6. The van der Waals surface area contributed by atoms with Gasteiger partial charge in [0.1, 0.15) is 0 Å². The maximum atomic E-state index is 11.6. The fourth-order valence-electron chi connectivity index (χ4n) is 1.65. The SMILES string of the molecule is C=CC(=CC(C)(C)C(=O)OC)[Si](C)CCCC. The summed E-state index contributed by atoms with van der Waals surface area (Å²) in [5, 5.41) is 1.24. The van der Waals surface area contributed by atoms with Crippen molar-refractivity contribution in [2.45, 2.75) is 46.2 Å². The Morgan fingerprint density at radius 3 is 2.47 bits per heavy atom. The van der Waals surface area contributed by atoms with E-state index in [1.54, 1.807) is 0 Å². The molecule has 3 heteroatoms. The number of carbonyl (C=O) groups excluding carboxylic acids is 1. The van der Waals surface area contributed by atoms with E-state index in [9.17, 15) is 4.79 Å². The fraction of sp³-hybridized carbons (Fsp3) is 0.643. The lowest BCUT2D eigenvalue weighted by molar-refractivity contribution is -0.148. The zero-order valence-corrected chi connectivity index (χ0v) is 12.8. The number of unbranched alkanes of at least 4 members (excludes halogenated alkanes) is 1. The molecule has 0 atom stereocenters. The second-order valence-electron chi connectivity index (χ2n) is 4.90. The molecule has 0 aliphatic heterocycles. The van der Waals surface area contributed by atoms with E-state index in [-0.39, 0.29) is 5.97 Å². The van der Waals surface area contributed by atoms with Gasteiger partial charge in [-0.1, -0.05) is 56.3 Å². The van der Waals surface area contributed by atoms with Crippen LogP contribution < -0.4 is 0 Å². The summed E-state index contributed by atoms with van der Waals surface area (Å²) in [4.78, 5) is 11.6. The van der Waals surface area contributed by atoms with Gasteiger partial charge < -0.3 is 4.74 Å². The normalized spacial score (nSPS) is 12.7. The number of allylic oxidation sites excluding steroid dienone is 2. The van der Waals surface area contributed by atoms with Crippen molar-refractivity contribution in [1.29, 1.82) is 0 Å². The molecule has 0 aromatic heterocycles. The van der Waals surface area contributed by atoms with Gasteiger partial charge in [0.05, 0.1) is 21.3 Å². The number of rotatable bonds is 7. The molecule has 0 aromatic carbocycles. The molecule has 0 fully saturated rings. The topological polar surface area (TPSA) is 26.3 Å². The van der Waals surface area contributed by atoms with Gasteiger partial charge in [-0.2, -0.15) is 0 Å². The second-order valence-corrected chi connectivity index (χ2v) is 7.54. The zero-order chi connectivity index (χ0) is 13.5. The minimum Gasteiger partial charge on any atom is -0.468 e. The van der Waals surface area contributed by atoms with Crippen LogP contribution in [0.5, 0.6) is 0 Å². The quantitative estimate of drug-likeness (QED) is 0.392. The van der Waals surface area contributed by atoms with Gasteiger partial charge in [-0.15, -0.1) is 0 Å². The van der Waals surface area contributed by atoms with Gasteiger partial charge in [-0.05, 0) is 13.8 Å². The van der Waals surface area contributed by atoms with Crippen LogP contribution in [0.4, 0.5) is 0 Å². The molecule has 0 saturated carbocycles. The monoisotopic (exact) mass is 253 g/mol. The second kappa shape index (κ2) is 7.48. The number of ether oxygens (including phenoxy) is 1. The first-order valence-electron chi connectivity index (χ1n) is 6.15. The van der Waals surface area contributed by atoms with Gasteiger partial charge >= 0.3 is 5.97 Å². The molecule has 0 spiro atoms. The van der Waals surface area contributed by atoms with Crippen molar-refractivity contribution in [1.82, 2.24) is 0 Å². The summed E-state index contributed by atoms with van der Waals surface area (Å²) in [5.41, 5.74) is -0.559. The van der Waals surface area contributed by atoms with Crippen LogP contribution in [0.1, 0.15) is 33.6 Å². The predicted octanol–water partition coefficient (Wildman–Crippen LogP) is 3.76. The Balaban J connectivity index is 4.85. The Kier molecular flexibility index (Phi) is 7.12. The summed E-state index contributed by atoms with van der Waals surface area (Å²) in [7, 11) is 0.851. The summed E-state index contributed by atoms with van der Waals surface area (Å²) in [6.07, 6.45) is 6.38. The maximum Gasteiger partial charge on any atom is 0.315 e. The number of methoxy groups -OCH3 is 1. The van der Waals surface area contributed by atoms with E-state index in [0.717, 1.165) is 0 Å². The first-order valence-corrected chi connectivity index (χ1v) is 8.36. The van der Waals surface area contributed by atoms with Crippen LogP contribution in [0.3, 0.4) is 0 Å². The Morgan fingerprint density at radius 1 is 1.47 bits per heavy atom. The van der Waals surface area contributed by atoms with Crippen LogP contribution in [0, 0.1) is 5.41 Å². The molecule has 97 valence electrons. The molecule has 0 saturated heterocycles. The minimum atomic E-state index is -0.580. The van der Waals surface area contributed by atoms with Crippen LogP contribution >= 0.6 is 0 Å². The van der Waals surface area contributed by atoms with E-state index in [2.05, 4.69) is 20.0 Å². The largest absolute Gasteiger partial charge is 0.468 e. The minimum absolute atomic E-state index is 0.192. The lowest BCUT2D eigenvalue weighted by Crippen LogP contribution is -2.25. The molecule has 0 aliphatic rings. The number of hydrogen-bond donors (Lipinski definition) is 0. The Morgan fingerprint density at radius 2 is 2.06 bits per heavy atom. The van der Waals surface area contributed by atoms with E-state index < -0.39 is 14.2 Å². The van der Waals surface area contributed by atoms with Gasteiger partial charge in [-0.25, -0.2) is 0 Å². The van der Waals surface area contributed by atoms with E-state index in [1.165, 1.54) is 31.2 Å². The van der Waals surface area contributed by atoms with Crippen molar-refractivity contribution in [2.75, 3.05) is 7.11 Å². The molecule has 0 heterocycles. The first-order chi connectivity index (χ1) is 7.88. The van der Waals surface area contributed by atoms with E-state index in [1.807, 2.05) is 26.0 Å². The predicted molar refractivity (Wildman–Crippen MR) is 75.4 cm³/mol. The molecule has 0 N–H and O–H groups in total. The highest BCUT2D eigenvalue weighted by molar-refractivity contribution is 6.66. The van der Waals surface area contributed by atoms with Crippen molar-refractivity contribution in [3.05, 3.63) is 23.9 Å². The molecule has 0 unspecified atom stereocenters. The molecule has 0 bridgehead atoms. The van der Waals surface area contributed by atoms with Gasteiger partial charge in [0.25, 0.3) is 0 Å².